The zero-order valence-electron chi connectivity index (χ0n) is 17.5. The van der Waals surface area contributed by atoms with Crippen LogP contribution < -0.4 is 24.3 Å². The minimum absolute atomic E-state index is 0.0518. The van der Waals surface area contributed by atoms with Crippen LogP contribution in [0.3, 0.4) is 0 Å². The standard InChI is InChI=1S/C22H22N4O5/c1-28-17-7-5-14(11-16(17)27)23-15-6-8-20-24-25-22(26(20)12-15)13-9-18(29-2)21(31-4)19(10-13)30-3/h5-12,23,27H,1-4H3. The predicted octanol–water partition coefficient (Wildman–Crippen LogP) is 3.88. The summed E-state index contributed by atoms with van der Waals surface area (Å²) in [6.45, 7) is 0. The van der Waals surface area contributed by atoms with E-state index in [1.807, 2.05) is 40.9 Å². The number of phenolic OH excluding ortho intramolecular Hbond substituents is 1. The van der Waals surface area contributed by atoms with Gasteiger partial charge in [0.05, 0.1) is 34.1 Å². The summed E-state index contributed by atoms with van der Waals surface area (Å²) in [4.78, 5) is 0. The lowest BCUT2D eigenvalue weighted by Crippen LogP contribution is -1.98. The van der Waals surface area contributed by atoms with Crippen molar-refractivity contribution in [3.63, 3.8) is 0 Å². The van der Waals surface area contributed by atoms with E-state index in [2.05, 4.69) is 15.5 Å². The maximum atomic E-state index is 10.0. The Morgan fingerprint density at radius 1 is 0.774 bits per heavy atom. The zero-order valence-corrected chi connectivity index (χ0v) is 17.5. The molecule has 0 fully saturated rings. The van der Waals surface area contributed by atoms with Crippen LogP contribution in [0.2, 0.25) is 0 Å². The molecule has 0 saturated heterocycles. The van der Waals surface area contributed by atoms with Crippen molar-refractivity contribution in [1.29, 1.82) is 0 Å². The Morgan fingerprint density at radius 2 is 1.45 bits per heavy atom. The van der Waals surface area contributed by atoms with Gasteiger partial charge in [-0.2, -0.15) is 0 Å². The third-order valence-corrected chi connectivity index (χ3v) is 4.79. The van der Waals surface area contributed by atoms with Gasteiger partial charge >= 0.3 is 0 Å². The van der Waals surface area contributed by atoms with Gasteiger partial charge in [-0.25, -0.2) is 0 Å². The second-order valence-electron chi connectivity index (χ2n) is 6.60. The molecule has 4 rings (SSSR count). The van der Waals surface area contributed by atoms with E-state index >= 15 is 0 Å². The van der Waals surface area contributed by atoms with Gasteiger partial charge in [-0.15, -0.1) is 10.2 Å². The third-order valence-electron chi connectivity index (χ3n) is 4.79. The molecular weight excluding hydrogens is 400 g/mol. The minimum atomic E-state index is 0.0518. The summed E-state index contributed by atoms with van der Waals surface area (Å²) in [6.07, 6.45) is 1.87. The molecule has 4 aromatic rings. The first-order valence-corrected chi connectivity index (χ1v) is 9.37. The molecule has 2 heterocycles. The monoisotopic (exact) mass is 422 g/mol. The fraction of sp³-hybridized carbons (Fsp3) is 0.182. The Balaban J connectivity index is 1.75. The Morgan fingerprint density at radius 3 is 2.06 bits per heavy atom. The molecule has 0 atom stereocenters. The lowest BCUT2D eigenvalue weighted by Gasteiger charge is -2.14. The number of methoxy groups -OCH3 is 4. The molecule has 160 valence electrons. The first kappa shape index (κ1) is 20.1. The van der Waals surface area contributed by atoms with Crippen LogP contribution in [-0.2, 0) is 0 Å². The number of nitrogens with one attached hydrogen (secondary N) is 1. The van der Waals surface area contributed by atoms with Crippen molar-refractivity contribution in [2.45, 2.75) is 0 Å². The number of benzene rings is 2. The van der Waals surface area contributed by atoms with Crippen LogP contribution in [0.25, 0.3) is 17.0 Å². The van der Waals surface area contributed by atoms with Crippen LogP contribution in [0.1, 0.15) is 0 Å². The van der Waals surface area contributed by atoms with E-state index in [-0.39, 0.29) is 5.75 Å². The van der Waals surface area contributed by atoms with Gasteiger partial charge in [0, 0.05) is 23.5 Å². The van der Waals surface area contributed by atoms with Crippen molar-refractivity contribution < 1.29 is 24.1 Å². The fourth-order valence-electron chi connectivity index (χ4n) is 3.31. The summed E-state index contributed by atoms with van der Waals surface area (Å²) in [6, 6.07) is 12.5. The average molecular weight is 422 g/mol. The molecule has 2 aromatic carbocycles. The number of rotatable bonds is 7. The largest absolute Gasteiger partial charge is 0.504 e. The second-order valence-corrected chi connectivity index (χ2v) is 6.60. The van der Waals surface area contributed by atoms with Gasteiger partial charge in [0.15, 0.2) is 34.5 Å². The maximum absolute atomic E-state index is 10.0. The summed E-state index contributed by atoms with van der Waals surface area (Å²) >= 11 is 0. The highest BCUT2D eigenvalue weighted by Crippen LogP contribution is 2.41. The number of fused-ring (bicyclic) bond motifs is 1. The van der Waals surface area contributed by atoms with Gasteiger partial charge in [-0.05, 0) is 36.4 Å². The molecule has 31 heavy (non-hydrogen) atoms. The quantitative estimate of drug-likeness (QED) is 0.463. The molecule has 0 aliphatic heterocycles. The van der Waals surface area contributed by atoms with Crippen molar-refractivity contribution >= 4 is 17.0 Å². The zero-order chi connectivity index (χ0) is 22.0. The van der Waals surface area contributed by atoms with Gasteiger partial charge in [-0.1, -0.05) is 0 Å². The number of hydrogen-bond acceptors (Lipinski definition) is 8. The highest BCUT2D eigenvalue weighted by molar-refractivity contribution is 5.70. The third kappa shape index (κ3) is 3.73. The molecule has 2 aromatic heterocycles. The molecule has 0 aliphatic rings. The Labute approximate surface area is 178 Å². The predicted molar refractivity (Wildman–Crippen MR) is 116 cm³/mol. The van der Waals surface area contributed by atoms with Crippen LogP contribution in [0.5, 0.6) is 28.7 Å². The van der Waals surface area contributed by atoms with Crippen LogP contribution in [0, 0.1) is 0 Å². The van der Waals surface area contributed by atoms with Crippen LogP contribution in [-0.4, -0.2) is 48.1 Å². The lowest BCUT2D eigenvalue weighted by atomic mass is 10.1. The molecule has 0 unspecified atom stereocenters. The number of aromatic nitrogens is 3. The van der Waals surface area contributed by atoms with E-state index < -0.39 is 0 Å². The van der Waals surface area contributed by atoms with Gasteiger partial charge < -0.3 is 29.4 Å². The minimum Gasteiger partial charge on any atom is -0.504 e. The molecule has 0 amide bonds. The summed E-state index contributed by atoms with van der Waals surface area (Å²) in [7, 11) is 6.19. The fourth-order valence-corrected chi connectivity index (χ4v) is 3.31. The summed E-state index contributed by atoms with van der Waals surface area (Å²) in [5.41, 5.74) is 2.92. The smallest absolute Gasteiger partial charge is 0.203 e. The first-order chi connectivity index (χ1) is 15.1. The number of aromatic hydroxyl groups is 1. The van der Waals surface area contributed by atoms with E-state index in [0.29, 0.717) is 40.2 Å². The molecule has 0 aliphatic carbocycles. The summed E-state index contributed by atoms with van der Waals surface area (Å²) < 4.78 is 23.2. The molecule has 0 radical (unpaired) electrons. The van der Waals surface area contributed by atoms with Crippen LogP contribution >= 0.6 is 0 Å². The summed E-state index contributed by atoms with van der Waals surface area (Å²) in [5, 5.41) is 21.9. The van der Waals surface area contributed by atoms with Crippen molar-refractivity contribution in [3.05, 3.63) is 48.7 Å². The highest BCUT2D eigenvalue weighted by Gasteiger charge is 2.17. The number of pyridine rings is 1. The van der Waals surface area contributed by atoms with Gasteiger partial charge in [0.1, 0.15) is 0 Å². The number of hydrogen-bond donors (Lipinski definition) is 2. The molecule has 2 N–H and O–H groups in total. The second kappa shape index (κ2) is 8.31. The molecule has 9 heteroatoms. The van der Waals surface area contributed by atoms with Crippen molar-refractivity contribution in [2.75, 3.05) is 33.8 Å². The van der Waals surface area contributed by atoms with Crippen LogP contribution in [0.4, 0.5) is 11.4 Å². The lowest BCUT2D eigenvalue weighted by molar-refractivity contribution is 0.324. The van der Waals surface area contributed by atoms with E-state index in [0.717, 1.165) is 11.3 Å². The van der Waals surface area contributed by atoms with Gasteiger partial charge in [0.25, 0.3) is 0 Å². The molecule has 0 saturated carbocycles. The Kier molecular flexibility index (Phi) is 5.40. The summed E-state index contributed by atoms with van der Waals surface area (Å²) in [5.74, 6) is 2.62. The van der Waals surface area contributed by atoms with E-state index in [4.69, 9.17) is 18.9 Å². The molecular formula is C22H22N4O5. The number of nitrogens with zero attached hydrogens (tertiary/aromatic N) is 3. The van der Waals surface area contributed by atoms with E-state index in [1.54, 1.807) is 33.5 Å². The van der Waals surface area contributed by atoms with Gasteiger partial charge in [0.2, 0.25) is 5.75 Å². The normalized spacial score (nSPS) is 10.7. The number of ether oxygens (including phenoxy) is 4. The Bertz CT molecular complexity index is 1210. The maximum Gasteiger partial charge on any atom is 0.203 e. The van der Waals surface area contributed by atoms with Crippen molar-refractivity contribution in [1.82, 2.24) is 14.6 Å². The average Bonchev–Trinajstić information content (AvgIpc) is 3.21. The van der Waals surface area contributed by atoms with Gasteiger partial charge in [-0.3, -0.25) is 4.40 Å². The number of phenols is 1. The van der Waals surface area contributed by atoms with E-state index in [9.17, 15) is 5.11 Å². The molecule has 0 bridgehead atoms. The van der Waals surface area contributed by atoms with Crippen molar-refractivity contribution in [2.24, 2.45) is 0 Å². The Hall–Kier alpha value is -4.14. The molecule has 9 nitrogen and oxygen atoms in total. The van der Waals surface area contributed by atoms with Crippen molar-refractivity contribution in [3.8, 4) is 40.1 Å². The number of anilines is 2. The van der Waals surface area contributed by atoms with E-state index in [1.165, 1.54) is 7.11 Å². The SMILES string of the molecule is COc1ccc(Nc2ccc3nnc(-c4cc(OC)c(OC)c(OC)c4)n3c2)cc1O. The highest BCUT2D eigenvalue weighted by atomic mass is 16.5. The first-order valence-electron chi connectivity index (χ1n) is 9.37. The van der Waals surface area contributed by atoms with Crippen LogP contribution in [0.15, 0.2) is 48.7 Å². The topological polar surface area (TPSA) is 99.4 Å². The molecule has 0 spiro atoms.